The number of carbonyl (C=O) groups excluding carboxylic acids is 1. The van der Waals surface area contributed by atoms with Crippen molar-refractivity contribution in [1.82, 2.24) is 20.4 Å². The number of rotatable bonds is 5. The summed E-state index contributed by atoms with van der Waals surface area (Å²) < 4.78 is 1.75. The Morgan fingerprint density at radius 3 is 2.96 bits per heavy atom. The first-order valence-corrected chi connectivity index (χ1v) is 8.27. The Labute approximate surface area is 141 Å². The van der Waals surface area contributed by atoms with Crippen LogP contribution in [0.1, 0.15) is 28.7 Å². The van der Waals surface area contributed by atoms with Crippen LogP contribution in [-0.4, -0.2) is 40.4 Å². The van der Waals surface area contributed by atoms with E-state index < -0.39 is 6.10 Å². The molecule has 0 bridgehead atoms. The van der Waals surface area contributed by atoms with Gasteiger partial charge in [-0.1, -0.05) is 24.3 Å². The third-order valence-corrected chi connectivity index (χ3v) is 4.72. The average Bonchev–Trinajstić information content (AvgIpc) is 3.21. The van der Waals surface area contributed by atoms with Crippen LogP contribution in [0.25, 0.3) is 0 Å². The maximum Gasteiger partial charge on any atom is 0.225 e. The lowest BCUT2D eigenvalue weighted by atomic mass is 9.90. The van der Waals surface area contributed by atoms with E-state index in [1.165, 1.54) is 0 Å². The van der Waals surface area contributed by atoms with Gasteiger partial charge in [-0.15, -0.1) is 0 Å². The van der Waals surface area contributed by atoms with E-state index in [2.05, 4.69) is 15.7 Å². The summed E-state index contributed by atoms with van der Waals surface area (Å²) in [5.74, 6) is -0.0472. The lowest BCUT2D eigenvalue weighted by Gasteiger charge is -2.19. The summed E-state index contributed by atoms with van der Waals surface area (Å²) in [5.41, 5.74) is 2.95. The number of nitrogens with one attached hydrogen (secondary N) is 2. The highest BCUT2D eigenvalue weighted by molar-refractivity contribution is 5.80. The summed E-state index contributed by atoms with van der Waals surface area (Å²) in [5, 5.41) is 20.7. The van der Waals surface area contributed by atoms with Crippen molar-refractivity contribution in [2.24, 2.45) is 13.0 Å². The highest BCUT2D eigenvalue weighted by Crippen LogP contribution is 2.28. The molecule has 2 aromatic rings. The second-order valence-electron chi connectivity index (χ2n) is 6.44. The van der Waals surface area contributed by atoms with Crippen molar-refractivity contribution < 1.29 is 9.90 Å². The number of benzene rings is 1. The molecule has 1 amide bonds. The van der Waals surface area contributed by atoms with E-state index in [0.29, 0.717) is 6.54 Å². The Morgan fingerprint density at radius 2 is 2.25 bits per heavy atom. The Kier molecular flexibility index (Phi) is 4.97. The number of amides is 1. The summed E-state index contributed by atoms with van der Waals surface area (Å²) in [6, 6.07) is 7.68. The van der Waals surface area contributed by atoms with Crippen molar-refractivity contribution >= 4 is 5.91 Å². The molecule has 128 valence electrons. The quantitative estimate of drug-likeness (QED) is 0.761. The van der Waals surface area contributed by atoms with Crippen molar-refractivity contribution in [3.63, 3.8) is 0 Å². The highest BCUT2D eigenvalue weighted by atomic mass is 16.3. The third-order valence-electron chi connectivity index (χ3n) is 4.72. The first kappa shape index (κ1) is 16.7. The molecule has 1 fully saturated rings. The normalized spacial score (nSPS) is 21.6. The fourth-order valence-electron chi connectivity index (χ4n) is 3.34. The minimum absolute atomic E-state index is 0.0264. The largest absolute Gasteiger partial charge is 0.387 e. The number of nitrogens with zero attached hydrogens (tertiary/aromatic N) is 2. The molecule has 3 rings (SSSR count). The zero-order valence-corrected chi connectivity index (χ0v) is 14.1. The van der Waals surface area contributed by atoms with Gasteiger partial charge in [-0.2, -0.15) is 5.10 Å². The summed E-state index contributed by atoms with van der Waals surface area (Å²) >= 11 is 0. The maximum absolute atomic E-state index is 12.6. The third kappa shape index (κ3) is 3.49. The molecule has 1 saturated heterocycles. The molecule has 3 atom stereocenters. The smallest absolute Gasteiger partial charge is 0.225 e. The molecule has 0 aliphatic carbocycles. The molecule has 0 saturated carbocycles. The van der Waals surface area contributed by atoms with Crippen molar-refractivity contribution in [3.05, 3.63) is 53.3 Å². The first-order chi connectivity index (χ1) is 11.6. The number of aliphatic hydroxyl groups excluding tert-OH is 1. The molecule has 2 heterocycles. The number of hydrogen-bond acceptors (Lipinski definition) is 4. The van der Waals surface area contributed by atoms with E-state index >= 15 is 0 Å². The lowest BCUT2D eigenvalue weighted by Crippen LogP contribution is -2.36. The van der Waals surface area contributed by atoms with Gasteiger partial charge >= 0.3 is 0 Å². The zero-order chi connectivity index (χ0) is 17.1. The summed E-state index contributed by atoms with van der Waals surface area (Å²) in [4.78, 5) is 12.6. The van der Waals surface area contributed by atoms with Gasteiger partial charge in [0.25, 0.3) is 0 Å². The molecule has 1 unspecified atom stereocenters. The Balaban J connectivity index is 1.61. The van der Waals surface area contributed by atoms with Crippen LogP contribution in [0.3, 0.4) is 0 Å². The van der Waals surface area contributed by atoms with Crippen LogP contribution < -0.4 is 10.6 Å². The molecule has 0 radical (unpaired) electrons. The zero-order valence-electron chi connectivity index (χ0n) is 14.1. The number of aryl methyl sites for hydroxylation is 2. The Bertz CT molecular complexity index is 713. The van der Waals surface area contributed by atoms with Gasteiger partial charge in [0.05, 0.1) is 18.2 Å². The number of hydrogen-bond donors (Lipinski definition) is 3. The molecule has 6 heteroatoms. The van der Waals surface area contributed by atoms with Gasteiger partial charge in [0.1, 0.15) is 0 Å². The van der Waals surface area contributed by atoms with Gasteiger partial charge in [-0.25, -0.2) is 0 Å². The van der Waals surface area contributed by atoms with Crippen LogP contribution in [0, 0.1) is 12.8 Å². The van der Waals surface area contributed by atoms with Crippen LogP contribution in [-0.2, 0) is 11.8 Å². The average molecular weight is 328 g/mol. The van der Waals surface area contributed by atoms with Crippen molar-refractivity contribution in [2.75, 3.05) is 19.6 Å². The summed E-state index contributed by atoms with van der Waals surface area (Å²) in [7, 11) is 1.87. The molecular weight excluding hydrogens is 304 g/mol. The van der Waals surface area contributed by atoms with Crippen molar-refractivity contribution in [3.8, 4) is 0 Å². The van der Waals surface area contributed by atoms with Gasteiger partial charge in [0.15, 0.2) is 0 Å². The maximum atomic E-state index is 12.6. The molecule has 3 N–H and O–H groups in total. The van der Waals surface area contributed by atoms with E-state index in [0.717, 1.165) is 23.2 Å². The second kappa shape index (κ2) is 7.15. The van der Waals surface area contributed by atoms with E-state index in [9.17, 15) is 9.90 Å². The van der Waals surface area contributed by atoms with Crippen LogP contribution in [0.2, 0.25) is 0 Å². The minimum Gasteiger partial charge on any atom is -0.387 e. The van der Waals surface area contributed by atoms with Crippen molar-refractivity contribution in [2.45, 2.75) is 18.9 Å². The topological polar surface area (TPSA) is 79.2 Å². The molecule has 1 aliphatic rings. The van der Waals surface area contributed by atoms with Crippen LogP contribution in [0.4, 0.5) is 0 Å². The van der Waals surface area contributed by atoms with Gasteiger partial charge < -0.3 is 15.7 Å². The number of aliphatic hydroxyl groups is 1. The van der Waals surface area contributed by atoms with E-state index in [1.54, 1.807) is 4.68 Å². The molecule has 6 nitrogen and oxygen atoms in total. The van der Waals surface area contributed by atoms with E-state index in [4.69, 9.17) is 0 Å². The first-order valence-electron chi connectivity index (χ1n) is 8.27. The van der Waals surface area contributed by atoms with Crippen LogP contribution >= 0.6 is 0 Å². The van der Waals surface area contributed by atoms with Crippen LogP contribution in [0.5, 0.6) is 0 Å². The van der Waals surface area contributed by atoms with Gasteiger partial charge in [-0.05, 0) is 23.6 Å². The summed E-state index contributed by atoms with van der Waals surface area (Å²) in [6.07, 6.45) is 3.08. The van der Waals surface area contributed by atoms with Gasteiger partial charge in [0.2, 0.25) is 5.91 Å². The van der Waals surface area contributed by atoms with Crippen LogP contribution in [0.15, 0.2) is 36.7 Å². The number of aromatic nitrogens is 2. The predicted molar refractivity (Wildman–Crippen MR) is 91.5 cm³/mol. The SMILES string of the molecule is Cc1ccccc1C(O)CNC(=O)[C@H]1CNC[C@@H]1c1cnn(C)c1. The Hall–Kier alpha value is -2.18. The standard InChI is InChI=1S/C18H24N4O2/c1-12-5-3-4-6-14(12)17(23)10-20-18(24)16-9-19-8-15(16)13-7-21-22(2)11-13/h3-7,11,15-17,19,23H,8-10H2,1-2H3,(H,20,24)/t15-,16+,17?/m1/s1. The van der Waals surface area contributed by atoms with Gasteiger partial charge in [0, 0.05) is 38.8 Å². The minimum atomic E-state index is -0.693. The Morgan fingerprint density at radius 1 is 1.46 bits per heavy atom. The van der Waals surface area contributed by atoms with E-state index in [-0.39, 0.29) is 24.3 Å². The molecule has 24 heavy (non-hydrogen) atoms. The predicted octanol–water partition coefficient (Wildman–Crippen LogP) is 0.881. The molecule has 1 aliphatic heterocycles. The lowest BCUT2D eigenvalue weighted by molar-refractivity contribution is -0.125. The van der Waals surface area contributed by atoms with Crippen molar-refractivity contribution in [1.29, 1.82) is 0 Å². The summed E-state index contributed by atoms with van der Waals surface area (Å²) in [6.45, 7) is 3.59. The second-order valence-corrected chi connectivity index (χ2v) is 6.44. The highest BCUT2D eigenvalue weighted by Gasteiger charge is 2.34. The molecule has 1 aromatic carbocycles. The molecular formula is C18H24N4O2. The monoisotopic (exact) mass is 328 g/mol. The van der Waals surface area contributed by atoms with Gasteiger partial charge in [-0.3, -0.25) is 9.48 Å². The fraction of sp³-hybridized carbons (Fsp3) is 0.444. The molecule has 0 spiro atoms. The number of carbonyl (C=O) groups is 1. The fourth-order valence-corrected chi connectivity index (χ4v) is 3.34. The van der Waals surface area contributed by atoms with E-state index in [1.807, 2.05) is 50.6 Å². The molecule has 1 aromatic heterocycles.